The molecule has 0 saturated carbocycles. The Hall–Kier alpha value is -1.23. The van der Waals surface area contributed by atoms with Gasteiger partial charge in [-0.3, -0.25) is 0 Å². The van der Waals surface area contributed by atoms with E-state index < -0.39 is 11.6 Å². The standard InChI is InChI=1S/C15H20F2N2S/c1-9(2)5-4-6-10(3)19-13-8-11(16)7-12(17)14(13)18-15(19)20/h7-10H,4-6H2,1-3H3,(H,18,20). The molecule has 1 aromatic heterocycles. The molecule has 1 atom stereocenters. The molecule has 1 heterocycles. The fourth-order valence-corrected chi connectivity index (χ4v) is 2.92. The third-order valence-electron chi connectivity index (χ3n) is 3.59. The Morgan fingerprint density at radius 1 is 1.20 bits per heavy atom. The van der Waals surface area contributed by atoms with E-state index in [1.165, 1.54) is 6.07 Å². The van der Waals surface area contributed by atoms with Gasteiger partial charge in [-0.1, -0.05) is 26.7 Å². The van der Waals surface area contributed by atoms with Crippen LogP contribution < -0.4 is 0 Å². The molecule has 0 amide bonds. The third-order valence-corrected chi connectivity index (χ3v) is 3.89. The van der Waals surface area contributed by atoms with Crippen molar-refractivity contribution in [3.05, 3.63) is 28.5 Å². The number of H-pyrrole nitrogens is 1. The van der Waals surface area contributed by atoms with Gasteiger partial charge in [-0.25, -0.2) is 8.78 Å². The monoisotopic (exact) mass is 298 g/mol. The quantitative estimate of drug-likeness (QED) is 0.736. The molecule has 5 heteroatoms. The van der Waals surface area contributed by atoms with Crippen molar-refractivity contribution >= 4 is 23.3 Å². The summed E-state index contributed by atoms with van der Waals surface area (Å²) in [6, 6.07) is 2.33. The number of aromatic amines is 1. The van der Waals surface area contributed by atoms with Gasteiger partial charge in [-0.2, -0.15) is 0 Å². The summed E-state index contributed by atoms with van der Waals surface area (Å²) in [4.78, 5) is 2.84. The summed E-state index contributed by atoms with van der Waals surface area (Å²) in [7, 11) is 0. The van der Waals surface area contributed by atoms with Gasteiger partial charge >= 0.3 is 0 Å². The summed E-state index contributed by atoms with van der Waals surface area (Å²) < 4.78 is 29.4. The summed E-state index contributed by atoms with van der Waals surface area (Å²) in [6.45, 7) is 6.41. The smallest absolute Gasteiger partial charge is 0.178 e. The first kappa shape index (κ1) is 15.2. The molecule has 1 aromatic carbocycles. The Morgan fingerprint density at radius 2 is 1.90 bits per heavy atom. The summed E-state index contributed by atoms with van der Waals surface area (Å²) in [6.07, 6.45) is 3.16. The summed E-state index contributed by atoms with van der Waals surface area (Å²) >= 11 is 5.25. The largest absolute Gasteiger partial charge is 0.328 e. The average molecular weight is 298 g/mol. The van der Waals surface area contributed by atoms with Crippen LogP contribution in [0.25, 0.3) is 11.0 Å². The molecule has 0 saturated heterocycles. The number of fused-ring (bicyclic) bond motifs is 1. The maximum atomic E-state index is 13.7. The van der Waals surface area contributed by atoms with Crippen molar-refractivity contribution in [1.29, 1.82) is 0 Å². The normalized spacial score (nSPS) is 13.3. The second-order valence-electron chi connectivity index (χ2n) is 5.76. The van der Waals surface area contributed by atoms with E-state index in [9.17, 15) is 8.78 Å². The highest BCUT2D eigenvalue weighted by molar-refractivity contribution is 7.71. The molecular weight excluding hydrogens is 278 g/mol. The number of nitrogens with zero attached hydrogens (tertiary/aromatic N) is 1. The van der Waals surface area contributed by atoms with Gasteiger partial charge < -0.3 is 9.55 Å². The molecule has 0 radical (unpaired) electrons. The average Bonchev–Trinajstić information content (AvgIpc) is 2.65. The van der Waals surface area contributed by atoms with Gasteiger partial charge in [0.05, 0.1) is 5.52 Å². The number of hydrogen-bond acceptors (Lipinski definition) is 1. The second-order valence-corrected chi connectivity index (χ2v) is 6.14. The summed E-state index contributed by atoms with van der Waals surface area (Å²) in [5.74, 6) is -0.514. The number of benzene rings is 1. The topological polar surface area (TPSA) is 20.7 Å². The second kappa shape index (κ2) is 6.04. The lowest BCUT2D eigenvalue weighted by molar-refractivity contribution is 0.451. The van der Waals surface area contributed by atoms with Crippen LogP contribution in [0.1, 0.15) is 46.1 Å². The minimum absolute atomic E-state index is 0.121. The van der Waals surface area contributed by atoms with Crippen LogP contribution in [-0.2, 0) is 0 Å². The Labute approximate surface area is 122 Å². The van der Waals surface area contributed by atoms with Gasteiger partial charge in [-0.05, 0) is 37.5 Å². The minimum atomic E-state index is -0.598. The van der Waals surface area contributed by atoms with E-state index in [4.69, 9.17) is 12.2 Å². The lowest BCUT2D eigenvalue weighted by atomic mass is 10.0. The number of aromatic nitrogens is 2. The number of rotatable bonds is 5. The number of halogens is 2. The van der Waals surface area contributed by atoms with E-state index in [1.807, 2.05) is 11.5 Å². The summed E-state index contributed by atoms with van der Waals surface area (Å²) in [5, 5.41) is 0. The Bertz CT molecular complexity index is 658. The summed E-state index contributed by atoms with van der Waals surface area (Å²) in [5.41, 5.74) is 0.789. The first-order valence-corrected chi connectivity index (χ1v) is 7.40. The van der Waals surface area contributed by atoms with E-state index in [1.54, 1.807) is 0 Å². The molecule has 0 aliphatic rings. The molecule has 0 bridgehead atoms. The lowest BCUT2D eigenvalue weighted by Crippen LogP contribution is -2.06. The zero-order valence-corrected chi connectivity index (χ0v) is 12.9. The van der Waals surface area contributed by atoms with E-state index >= 15 is 0 Å². The van der Waals surface area contributed by atoms with Gasteiger partial charge in [0, 0.05) is 12.1 Å². The van der Waals surface area contributed by atoms with E-state index in [0.717, 1.165) is 25.3 Å². The zero-order valence-electron chi connectivity index (χ0n) is 12.0. The van der Waals surface area contributed by atoms with Crippen molar-refractivity contribution in [1.82, 2.24) is 9.55 Å². The van der Waals surface area contributed by atoms with Crippen LogP contribution in [0.15, 0.2) is 12.1 Å². The number of nitrogens with one attached hydrogen (secondary N) is 1. The molecule has 2 aromatic rings. The van der Waals surface area contributed by atoms with Gasteiger partial charge in [0.25, 0.3) is 0 Å². The van der Waals surface area contributed by atoms with Crippen LogP contribution in [-0.4, -0.2) is 9.55 Å². The molecule has 0 spiro atoms. The molecule has 2 rings (SSSR count). The lowest BCUT2D eigenvalue weighted by Gasteiger charge is -2.15. The zero-order chi connectivity index (χ0) is 14.9. The van der Waals surface area contributed by atoms with Crippen molar-refractivity contribution in [3.8, 4) is 0 Å². The van der Waals surface area contributed by atoms with Gasteiger partial charge in [-0.15, -0.1) is 0 Å². The Morgan fingerprint density at radius 3 is 2.55 bits per heavy atom. The number of imidazole rings is 1. The maximum Gasteiger partial charge on any atom is 0.178 e. The first-order chi connectivity index (χ1) is 9.40. The van der Waals surface area contributed by atoms with Crippen molar-refractivity contribution in [3.63, 3.8) is 0 Å². The van der Waals surface area contributed by atoms with E-state index in [2.05, 4.69) is 18.8 Å². The molecule has 0 aliphatic heterocycles. The molecule has 0 aliphatic carbocycles. The van der Waals surface area contributed by atoms with E-state index in [-0.39, 0.29) is 11.6 Å². The minimum Gasteiger partial charge on any atom is -0.328 e. The molecular formula is C15H20F2N2S. The Balaban J connectivity index is 2.34. The van der Waals surface area contributed by atoms with Crippen molar-refractivity contribution in [2.24, 2.45) is 5.92 Å². The van der Waals surface area contributed by atoms with Crippen LogP contribution in [0.5, 0.6) is 0 Å². The van der Waals surface area contributed by atoms with Crippen molar-refractivity contribution < 1.29 is 8.78 Å². The van der Waals surface area contributed by atoms with Gasteiger partial charge in [0.15, 0.2) is 10.6 Å². The third kappa shape index (κ3) is 3.08. The van der Waals surface area contributed by atoms with Gasteiger partial charge in [0.1, 0.15) is 11.3 Å². The van der Waals surface area contributed by atoms with E-state index in [0.29, 0.717) is 16.2 Å². The predicted molar refractivity (Wildman–Crippen MR) is 80.4 cm³/mol. The molecule has 2 nitrogen and oxygen atoms in total. The predicted octanol–water partition coefficient (Wildman–Crippen LogP) is 5.36. The molecule has 20 heavy (non-hydrogen) atoms. The SMILES string of the molecule is CC(C)CCCC(C)n1c(=S)[nH]c2c(F)cc(F)cc21. The molecule has 110 valence electrons. The molecule has 0 fully saturated rings. The highest BCUT2D eigenvalue weighted by atomic mass is 32.1. The fraction of sp³-hybridized carbons (Fsp3) is 0.533. The highest BCUT2D eigenvalue weighted by Gasteiger charge is 2.15. The number of hydrogen-bond donors (Lipinski definition) is 1. The molecule has 1 unspecified atom stereocenters. The first-order valence-electron chi connectivity index (χ1n) is 6.99. The van der Waals surface area contributed by atoms with Gasteiger partial charge in [0.2, 0.25) is 0 Å². The molecule has 1 N–H and O–H groups in total. The maximum absolute atomic E-state index is 13.7. The Kier molecular flexibility index (Phi) is 4.58. The van der Waals surface area contributed by atoms with Crippen molar-refractivity contribution in [2.75, 3.05) is 0 Å². The van der Waals surface area contributed by atoms with Crippen LogP contribution in [0.2, 0.25) is 0 Å². The highest BCUT2D eigenvalue weighted by Crippen LogP contribution is 2.25. The van der Waals surface area contributed by atoms with Crippen molar-refractivity contribution in [2.45, 2.75) is 46.1 Å². The van der Waals surface area contributed by atoms with Crippen LogP contribution in [0, 0.1) is 22.3 Å². The fourth-order valence-electron chi connectivity index (χ4n) is 2.54. The van der Waals surface area contributed by atoms with Crippen LogP contribution in [0.3, 0.4) is 0 Å². The van der Waals surface area contributed by atoms with Crippen LogP contribution >= 0.6 is 12.2 Å². The van der Waals surface area contributed by atoms with Crippen LogP contribution in [0.4, 0.5) is 8.78 Å².